The Balaban J connectivity index is 1.44. The van der Waals surface area contributed by atoms with Gasteiger partial charge in [0, 0.05) is 34.1 Å². The zero-order valence-corrected chi connectivity index (χ0v) is 33.6. The topological polar surface area (TPSA) is 54.1 Å². The van der Waals surface area contributed by atoms with Crippen LogP contribution < -0.4 is 9.80 Å². The summed E-state index contributed by atoms with van der Waals surface area (Å²) in [6.45, 7) is 17.9. The average Bonchev–Trinajstić information content (AvgIpc) is 3.17. The Morgan fingerprint density at radius 3 is 1.68 bits per heavy atom. The van der Waals surface area contributed by atoms with E-state index in [1.807, 2.05) is 24.3 Å². The van der Waals surface area contributed by atoms with E-state index in [1.165, 1.54) is 60.9 Å². The summed E-state index contributed by atoms with van der Waals surface area (Å²) >= 11 is 0. The predicted molar refractivity (Wildman–Crippen MR) is 234 cm³/mol. The van der Waals surface area contributed by atoms with Crippen molar-refractivity contribution in [1.29, 1.82) is 10.5 Å². The van der Waals surface area contributed by atoms with Crippen molar-refractivity contribution in [2.75, 3.05) is 9.80 Å². The molecule has 276 valence electrons. The maximum Gasteiger partial charge on any atom is 0.0991 e. The van der Waals surface area contributed by atoms with Crippen LogP contribution in [0.4, 0.5) is 28.4 Å². The summed E-state index contributed by atoms with van der Waals surface area (Å²) in [6, 6.07) is 41.4. The van der Waals surface area contributed by atoms with Gasteiger partial charge in [0.15, 0.2) is 0 Å². The van der Waals surface area contributed by atoms with Crippen LogP contribution >= 0.6 is 0 Å². The number of rotatable bonds is 8. The molecule has 0 saturated heterocycles. The van der Waals surface area contributed by atoms with Gasteiger partial charge < -0.3 is 9.80 Å². The van der Waals surface area contributed by atoms with Crippen molar-refractivity contribution in [1.82, 2.24) is 0 Å². The Labute approximate surface area is 332 Å². The molecule has 0 bridgehead atoms. The molecule has 0 saturated carbocycles. The second-order valence-electron chi connectivity index (χ2n) is 16.4. The number of allylic oxidation sites excluding steroid dienone is 1. The van der Waals surface area contributed by atoms with E-state index in [0.717, 1.165) is 28.4 Å². The quantitative estimate of drug-likeness (QED) is 0.157. The lowest BCUT2D eigenvalue weighted by Gasteiger charge is -2.43. The number of hydrogen-bond donors (Lipinski definition) is 0. The molecule has 0 fully saturated rings. The number of aryl methyl sites for hydroxylation is 4. The highest BCUT2D eigenvalue weighted by Crippen LogP contribution is 2.53. The average molecular weight is 729 g/mol. The molecular weight excluding hydrogens is 681 g/mol. The van der Waals surface area contributed by atoms with Crippen LogP contribution in [0.1, 0.15) is 95.2 Å². The molecule has 0 aromatic heterocycles. The van der Waals surface area contributed by atoms with E-state index in [1.54, 1.807) is 0 Å². The molecular formula is C52H48N4. The van der Waals surface area contributed by atoms with E-state index < -0.39 is 0 Å². The highest BCUT2D eigenvalue weighted by Gasteiger charge is 2.38. The molecule has 56 heavy (non-hydrogen) atoms. The molecule has 2 unspecified atom stereocenters. The number of hydrogen-bond acceptors (Lipinski definition) is 4. The first-order chi connectivity index (χ1) is 26.9. The SMILES string of the molecule is Cc1cc(C)cc(N(c2ccc(C#N)cc2)c2cc(C(C)C)c3c4c5c(ccc24)C(C(C)C)=CC(N(c2ccc(C#N)cc2)c2cc(C)cc(C)c2)C5C=C3)c1. The largest absolute Gasteiger partial charge is 0.334 e. The first kappa shape index (κ1) is 36.6. The lowest BCUT2D eigenvalue weighted by molar-refractivity contribution is 0.678. The van der Waals surface area contributed by atoms with Crippen molar-refractivity contribution in [3.05, 3.63) is 171 Å². The molecule has 2 aliphatic rings. The fraction of sp³-hybridized carbons (Fsp3) is 0.231. The van der Waals surface area contributed by atoms with Gasteiger partial charge in [0.1, 0.15) is 0 Å². The molecule has 4 heteroatoms. The molecule has 2 aliphatic carbocycles. The molecule has 6 aromatic rings. The number of anilines is 5. The van der Waals surface area contributed by atoms with Gasteiger partial charge in [-0.3, -0.25) is 0 Å². The fourth-order valence-corrected chi connectivity index (χ4v) is 9.18. The minimum absolute atomic E-state index is 0.0238. The zero-order chi connectivity index (χ0) is 39.4. The Morgan fingerprint density at radius 1 is 0.589 bits per heavy atom. The van der Waals surface area contributed by atoms with Crippen molar-refractivity contribution in [2.45, 2.75) is 73.3 Å². The van der Waals surface area contributed by atoms with E-state index >= 15 is 0 Å². The molecule has 8 rings (SSSR count). The van der Waals surface area contributed by atoms with E-state index in [-0.39, 0.29) is 17.9 Å². The third-order valence-corrected chi connectivity index (χ3v) is 11.5. The summed E-state index contributed by atoms with van der Waals surface area (Å²) < 4.78 is 0. The van der Waals surface area contributed by atoms with Crippen LogP contribution in [0.5, 0.6) is 0 Å². The molecule has 4 nitrogen and oxygen atoms in total. The van der Waals surface area contributed by atoms with Crippen LogP contribution in [0.3, 0.4) is 0 Å². The summed E-state index contributed by atoms with van der Waals surface area (Å²) in [6.07, 6.45) is 7.36. The van der Waals surface area contributed by atoms with E-state index in [4.69, 9.17) is 0 Å². The van der Waals surface area contributed by atoms with E-state index in [0.29, 0.717) is 17.0 Å². The van der Waals surface area contributed by atoms with E-state index in [9.17, 15) is 10.5 Å². The minimum Gasteiger partial charge on any atom is -0.334 e. The second kappa shape index (κ2) is 14.4. The van der Waals surface area contributed by atoms with Gasteiger partial charge in [-0.15, -0.1) is 0 Å². The molecule has 0 heterocycles. The Hall–Kier alpha value is -6.36. The lowest BCUT2D eigenvalue weighted by Crippen LogP contribution is -2.38. The van der Waals surface area contributed by atoms with Crippen molar-refractivity contribution >= 4 is 50.9 Å². The molecule has 6 aromatic carbocycles. The Kier molecular flexibility index (Phi) is 9.40. The monoisotopic (exact) mass is 728 g/mol. The van der Waals surface area contributed by atoms with Gasteiger partial charge in [-0.1, -0.05) is 70.2 Å². The second-order valence-corrected chi connectivity index (χ2v) is 16.4. The fourth-order valence-electron chi connectivity index (χ4n) is 9.18. The maximum atomic E-state index is 9.72. The minimum atomic E-state index is -0.0238. The van der Waals surface area contributed by atoms with Gasteiger partial charge in [0.25, 0.3) is 0 Å². The first-order valence-electron chi connectivity index (χ1n) is 19.8. The zero-order valence-electron chi connectivity index (χ0n) is 33.6. The normalized spacial score (nSPS) is 15.5. The summed E-state index contributed by atoms with van der Waals surface area (Å²) in [4.78, 5) is 4.89. The van der Waals surface area contributed by atoms with Gasteiger partial charge in [-0.2, -0.15) is 10.5 Å². The van der Waals surface area contributed by atoms with Gasteiger partial charge in [0.05, 0.1) is 35.0 Å². The summed E-state index contributed by atoms with van der Waals surface area (Å²) in [5.74, 6) is 0.624. The number of nitrogens with zero attached hydrogens (tertiary/aromatic N) is 4. The molecule has 0 spiro atoms. The van der Waals surface area contributed by atoms with Crippen molar-refractivity contribution in [3.8, 4) is 12.1 Å². The van der Waals surface area contributed by atoms with Crippen molar-refractivity contribution < 1.29 is 0 Å². The van der Waals surface area contributed by atoms with E-state index in [2.05, 4.69) is 174 Å². The number of nitriles is 2. The van der Waals surface area contributed by atoms with Crippen LogP contribution in [0, 0.1) is 56.3 Å². The molecule has 0 aliphatic heterocycles. The van der Waals surface area contributed by atoms with Crippen LogP contribution in [0.15, 0.2) is 115 Å². The van der Waals surface area contributed by atoms with Crippen LogP contribution in [0.2, 0.25) is 0 Å². The predicted octanol–water partition coefficient (Wildman–Crippen LogP) is 13.8. The van der Waals surface area contributed by atoms with Gasteiger partial charge in [-0.25, -0.2) is 0 Å². The van der Waals surface area contributed by atoms with Crippen LogP contribution in [0.25, 0.3) is 22.4 Å². The van der Waals surface area contributed by atoms with Gasteiger partial charge in [0.2, 0.25) is 0 Å². The molecule has 0 amide bonds. The van der Waals surface area contributed by atoms with Gasteiger partial charge in [-0.05, 0) is 174 Å². The standard InChI is InChI=1S/C52H48N4/c1-31(2)47-27-49(55(39-13-9-37(29-53)10-14-39)41-23-33(5)21-34(6)24-41)45-20-18-44-48(32(3)4)28-50(46-19-17-43(47)51(45)52(44)46)56(40-15-11-38(30-54)12-16-40)42-25-35(7)22-36(8)26-42/h9-28,31-32,45,49H,1-8H3. The van der Waals surface area contributed by atoms with Crippen LogP contribution in [-0.2, 0) is 0 Å². The Morgan fingerprint density at radius 2 is 1.14 bits per heavy atom. The summed E-state index contributed by atoms with van der Waals surface area (Å²) in [5.41, 5.74) is 18.2. The maximum absolute atomic E-state index is 9.72. The summed E-state index contributed by atoms with van der Waals surface area (Å²) in [5, 5.41) is 22.0. The third-order valence-electron chi connectivity index (χ3n) is 11.5. The molecule has 0 N–H and O–H groups in total. The first-order valence-corrected chi connectivity index (χ1v) is 19.8. The number of benzene rings is 6. The smallest absolute Gasteiger partial charge is 0.0991 e. The molecule has 0 radical (unpaired) electrons. The van der Waals surface area contributed by atoms with Crippen molar-refractivity contribution in [3.63, 3.8) is 0 Å². The highest BCUT2D eigenvalue weighted by molar-refractivity contribution is 6.09. The summed E-state index contributed by atoms with van der Waals surface area (Å²) in [7, 11) is 0. The highest BCUT2D eigenvalue weighted by atomic mass is 15.2. The third kappa shape index (κ3) is 6.36. The lowest BCUT2D eigenvalue weighted by atomic mass is 9.70. The van der Waals surface area contributed by atoms with Crippen LogP contribution in [-0.4, -0.2) is 6.04 Å². The van der Waals surface area contributed by atoms with Crippen molar-refractivity contribution in [2.24, 2.45) is 5.92 Å². The molecule has 2 atom stereocenters. The Bertz CT molecular complexity index is 2620. The van der Waals surface area contributed by atoms with Gasteiger partial charge >= 0.3 is 0 Å².